The van der Waals surface area contributed by atoms with Crippen molar-refractivity contribution in [3.05, 3.63) is 27.4 Å². The SMILES string of the molecule is COCc1nc(-c2cc(C(C)=O)cs2)cs1. The quantitative estimate of drug-likeness (QED) is 0.785. The number of hydrogen-bond donors (Lipinski definition) is 0. The molecular formula is C11H11NO2S2. The third-order valence-electron chi connectivity index (χ3n) is 2.08. The van der Waals surface area contributed by atoms with Crippen molar-refractivity contribution in [3.8, 4) is 10.6 Å². The van der Waals surface area contributed by atoms with Gasteiger partial charge in [-0.3, -0.25) is 4.79 Å². The molecule has 0 saturated carbocycles. The molecule has 16 heavy (non-hydrogen) atoms. The van der Waals surface area contributed by atoms with Gasteiger partial charge in [-0.2, -0.15) is 0 Å². The van der Waals surface area contributed by atoms with Gasteiger partial charge in [-0.15, -0.1) is 22.7 Å². The fraction of sp³-hybridized carbons (Fsp3) is 0.273. The lowest BCUT2D eigenvalue weighted by Crippen LogP contribution is -1.86. The molecule has 0 saturated heterocycles. The monoisotopic (exact) mass is 253 g/mol. The summed E-state index contributed by atoms with van der Waals surface area (Å²) in [5.41, 5.74) is 1.68. The van der Waals surface area contributed by atoms with E-state index in [-0.39, 0.29) is 5.78 Å². The first-order valence-electron chi connectivity index (χ1n) is 4.74. The van der Waals surface area contributed by atoms with Gasteiger partial charge in [-0.1, -0.05) is 0 Å². The molecule has 0 bridgehead atoms. The fourth-order valence-corrected chi connectivity index (χ4v) is 3.02. The largest absolute Gasteiger partial charge is 0.378 e. The number of nitrogens with zero attached hydrogens (tertiary/aromatic N) is 1. The number of thiazole rings is 1. The Morgan fingerprint density at radius 3 is 2.88 bits per heavy atom. The van der Waals surface area contributed by atoms with Crippen LogP contribution in [-0.4, -0.2) is 17.9 Å². The summed E-state index contributed by atoms with van der Waals surface area (Å²) >= 11 is 3.12. The Bertz CT molecular complexity index is 502. The second kappa shape index (κ2) is 4.86. The van der Waals surface area contributed by atoms with Gasteiger partial charge in [0.1, 0.15) is 5.01 Å². The Hall–Kier alpha value is -1.04. The molecule has 0 radical (unpaired) electrons. The summed E-state index contributed by atoms with van der Waals surface area (Å²) in [5.74, 6) is 0.0924. The van der Waals surface area contributed by atoms with Crippen LogP contribution in [0.3, 0.4) is 0 Å². The van der Waals surface area contributed by atoms with Crippen LogP contribution >= 0.6 is 22.7 Å². The van der Waals surface area contributed by atoms with Gasteiger partial charge in [0.2, 0.25) is 0 Å². The smallest absolute Gasteiger partial charge is 0.160 e. The van der Waals surface area contributed by atoms with Crippen LogP contribution in [-0.2, 0) is 11.3 Å². The highest BCUT2D eigenvalue weighted by Gasteiger charge is 2.09. The standard InChI is InChI=1S/C11H11NO2S2/c1-7(13)8-3-10(15-5-8)9-6-16-11(12-9)4-14-2/h3,5-6H,4H2,1-2H3. The lowest BCUT2D eigenvalue weighted by Gasteiger charge is -1.91. The summed E-state index contributed by atoms with van der Waals surface area (Å²) in [5, 5.41) is 4.81. The molecule has 0 aromatic carbocycles. The number of rotatable bonds is 4. The molecule has 2 rings (SSSR count). The number of aromatic nitrogens is 1. The summed E-state index contributed by atoms with van der Waals surface area (Å²) in [7, 11) is 1.65. The van der Waals surface area contributed by atoms with Crippen LogP contribution in [0.2, 0.25) is 0 Å². The molecule has 3 nitrogen and oxygen atoms in total. The van der Waals surface area contributed by atoms with Crippen molar-refractivity contribution in [1.29, 1.82) is 0 Å². The van der Waals surface area contributed by atoms with Crippen molar-refractivity contribution in [2.24, 2.45) is 0 Å². The van der Waals surface area contributed by atoms with Crippen LogP contribution in [0.25, 0.3) is 10.6 Å². The van der Waals surface area contributed by atoms with Crippen molar-refractivity contribution in [2.45, 2.75) is 13.5 Å². The number of ketones is 1. The van der Waals surface area contributed by atoms with Crippen LogP contribution in [0, 0.1) is 0 Å². The highest BCUT2D eigenvalue weighted by Crippen LogP contribution is 2.28. The number of thiophene rings is 1. The second-order valence-electron chi connectivity index (χ2n) is 3.32. The van der Waals surface area contributed by atoms with Crippen LogP contribution in [0.1, 0.15) is 22.3 Å². The molecule has 0 aliphatic carbocycles. The Morgan fingerprint density at radius 1 is 1.44 bits per heavy atom. The third-order valence-corrected chi connectivity index (χ3v) is 3.85. The van der Waals surface area contributed by atoms with Gasteiger partial charge in [-0.05, 0) is 13.0 Å². The predicted molar refractivity (Wildman–Crippen MR) is 66.1 cm³/mol. The first-order valence-corrected chi connectivity index (χ1v) is 6.50. The highest BCUT2D eigenvalue weighted by atomic mass is 32.1. The Morgan fingerprint density at radius 2 is 2.25 bits per heavy atom. The molecule has 2 heterocycles. The molecule has 84 valence electrons. The first-order chi connectivity index (χ1) is 7.70. The molecule has 0 fully saturated rings. The Balaban J connectivity index is 2.24. The molecule has 0 amide bonds. The topological polar surface area (TPSA) is 39.2 Å². The van der Waals surface area contributed by atoms with E-state index in [2.05, 4.69) is 4.98 Å². The number of carbonyl (C=O) groups is 1. The normalized spacial score (nSPS) is 10.6. The average molecular weight is 253 g/mol. The summed E-state index contributed by atoms with van der Waals surface area (Å²) in [4.78, 5) is 16.6. The maximum Gasteiger partial charge on any atom is 0.160 e. The van der Waals surface area contributed by atoms with Gasteiger partial charge in [0.05, 0.1) is 17.2 Å². The Labute approximate surface area is 102 Å². The van der Waals surface area contributed by atoms with E-state index < -0.39 is 0 Å². The molecule has 2 aromatic rings. The minimum atomic E-state index is 0.0924. The van der Waals surface area contributed by atoms with Crippen molar-refractivity contribution < 1.29 is 9.53 Å². The molecule has 0 aliphatic rings. The van der Waals surface area contributed by atoms with Crippen LogP contribution in [0.4, 0.5) is 0 Å². The van der Waals surface area contributed by atoms with Gasteiger partial charge >= 0.3 is 0 Å². The minimum absolute atomic E-state index is 0.0924. The van der Waals surface area contributed by atoms with Gasteiger partial charge in [0.25, 0.3) is 0 Å². The Kier molecular flexibility index (Phi) is 3.48. The van der Waals surface area contributed by atoms with Crippen molar-refractivity contribution in [1.82, 2.24) is 4.98 Å². The van der Waals surface area contributed by atoms with Gasteiger partial charge in [-0.25, -0.2) is 4.98 Å². The summed E-state index contributed by atoms with van der Waals surface area (Å²) < 4.78 is 5.02. The molecule has 0 aliphatic heterocycles. The minimum Gasteiger partial charge on any atom is -0.378 e. The van der Waals surface area contributed by atoms with E-state index in [1.807, 2.05) is 16.8 Å². The zero-order valence-electron chi connectivity index (χ0n) is 9.02. The van der Waals surface area contributed by atoms with E-state index in [4.69, 9.17) is 4.74 Å². The summed E-state index contributed by atoms with van der Waals surface area (Å²) in [6.45, 7) is 2.11. The molecule has 0 N–H and O–H groups in total. The second-order valence-corrected chi connectivity index (χ2v) is 5.17. The maximum absolute atomic E-state index is 11.2. The summed E-state index contributed by atoms with van der Waals surface area (Å²) in [6, 6.07) is 1.89. The molecular weight excluding hydrogens is 242 g/mol. The molecule has 5 heteroatoms. The molecule has 0 atom stereocenters. The lowest BCUT2D eigenvalue weighted by molar-refractivity contribution is 0.101. The van der Waals surface area contributed by atoms with Crippen LogP contribution in [0.5, 0.6) is 0 Å². The zero-order chi connectivity index (χ0) is 11.5. The predicted octanol–water partition coefficient (Wildman–Crippen LogP) is 3.22. The molecule has 0 spiro atoms. The lowest BCUT2D eigenvalue weighted by atomic mass is 10.2. The first kappa shape index (κ1) is 11.4. The summed E-state index contributed by atoms with van der Waals surface area (Å²) in [6.07, 6.45) is 0. The zero-order valence-corrected chi connectivity index (χ0v) is 10.7. The van der Waals surface area contributed by atoms with Crippen LogP contribution in [0.15, 0.2) is 16.8 Å². The van der Waals surface area contributed by atoms with E-state index >= 15 is 0 Å². The van der Waals surface area contributed by atoms with Crippen LogP contribution < -0.4 is 0 Å². The number of ether oxygens (including phenoxy) is 1. The van der Waals surface area contributed by atoms with Crippen molar-refractivity contribution in [3.63, 3.8) is 0 Å². The third kappa shape index (κ3) is 2.37. The number of carbonyl (C=O) groups excluding carboxylic acids is 1. The fourth-order valence-electron chi connectivity index (χ4n) is 1.27. The van der Waals surface area contributed by atoms with E-state index in [9.17, 15) is 4.79 Å². The maximum atomic E-state index is 11.2. The van der Waals surface area contributed by atoms with Gasteiger partial charge < -0.3 is 4.74 Å². The highest BCUT2D eigenvalue weighted by molar-refractivity contribution is 7.14. The van der Waals surface area contributed by atoms with E-state index in [0.717, 1.165) is 21.1 Å². The van der Waals surface area contributed by atoms with Gasteiger partial charge in [0, 0.05) is 23.4 Å². The van der Waals surface area contributed by atoms with Crippen molar-refractivity contribution >= 4 is 28.5 Å². The van der Waals surface area contributed by atoms with E-state index in [0.29, 0.717) is 6.61 Å². The average Bonchev–Trinajstić information content (AvgIpc) is 2.84. The van der Waals surface area contributed by atoms with Crippen molar-refractivity contribution in [2.75, 3.05) is 7.11 Å². The van der Waals surface area contributed by atoms with E-state index in [1.54, 1.807) is 36.7 Å². The van der Waals surface area contributed by atoms with E-state index in [1.165, 1.54) is 0 Å². The number of Topliss-reactive ketones (excluding diaryl/α,β-unsaturated/α-hetero) is 1. The van der Waals surface area contributed by atoms with Gasteiger partial charge in [0.15, 0.2) is 5.78 Å². The number of hydrogen-bond acceptors (Lipinski definition) is 5. The molecule has 0 unspecified atom stereocenters. The molecule has 2 aromatic heterocycles. The number of methoxy groups -OCH3 is 1.